The Hall–Kier alpha value is -1.74. The minimum absolute atomic E-state index is 0.158. The fourth-order valence-electron chi connectivity index (χ4n) is 1.47. The van der Waals surface area contributed by atoms with E-state index < -0.39 is 35.1 Å². The molecule has 0 saturated heterocycles. The second kappa shape index (κ2) is 8.21. The van der Waals surface area contributed by atoms with Gasteiger partial charge in [0.15, 0.2) is 0 Å². The number of nitrogens with zero attached hydrogens (tertiary/aromatic N) is 1. The van der Waals surface area contributed by atoms with Crippen LogP contribution in [0.2, 0.25) is 0 Å². The van der Waals surface area contributed by atoms with Crippen LogP contribution in [-0.2, 0) is 15.8 Å². The first-order valence-corrected chi connectivity index (χ1v) is 7.72. The Kier molecular flexibility index (Phi) is 6.89. The summed E-state index contributed by atoms with van der Waals surface area (Å²) >= 11 is 6.39. The molecule has 10 heteroatoms. The number of carboxylic acid groups (broad SMARTS) is 1. The van der Waals surface area contributed by atoms with E-state index in [9.17, 15) is 22.8 Å². The number of thioether (sulfide) groups is 1. The zero-order valence-corrected chi connectivity index (χ0v) is 13.3. The third-order valence-electron chi connectivity index (χ3n) is 2.49. The highest BCUT2D eigenvalue weighted by atomic mass is 35.5. The molecule has 23 heavy (non-hydrogen) atoms. The van der Waals surface area contributed by atoms with Gasteiger partial charge in [-0.1, -0.05) is 6.92 Å². The van der Waals surface area contributed by atoms with Crippen LogP contribution in [0, 0.1) is 0 Å². The van der Waals surface area contributed by atoms with Crippen LogP contribution in [0.5, 0.6) is 0 Å². The number of nitrogens with one attached hydrogen (secondary N) is 1. The Balaban J connectivity index is 3.17. The normalized spacial score (nSPS) is 12.1. The number of aliphatic carboxylic acids is 1. The molecule has 5 nitrogen and oxygen atoms in total. The molecule has 0 amide bonds. The molecule has 0 unspecified atom stereocenters. The molecular weight excluding hydrogens is 357 g/mol. The molecule has 0 atom stereocenters. The number of hydrogen-bond acceptors (Lipinski definition) is 5. The van der Waals surface area contributed by atoms with Gasteiger partial charge in [0.1, 0.15) is 0 Å². The van der Waals surface area contributed by atoms with Crippen molar-refractivity contribution >= 4 is 46.5 Å². The largest absolute Gasteiger partial charge is 0.476 e. The van der Waals surface area contributed by atoms with Gasteiger partial charge in [-0.3, -0.25) is 10.2 Å². The molecule has 2 N–H and O–H groups in total. The molecule has 1 aromatic rings. The third kappa shape index (κ3) is 5.43. The van der Waals surface area contributed by atoms with Gasteiger partial charge in [0, 0.05) is 4.90 Å². The van der Waals surface area contributed by atoms with Gasteiger partial charge in [0.05, 0.1) is 17.1 Å². The lowest BCUT2D eigenvalue weighted by atomic mass is 10.2. The van der Waals surface area contributed by atoms with E-state index in [-0.39, 0.29) is 10.6 Å². The van der Waals surface area contributed by atoms with Gasteiger partial charge in [-0.25, -0.2) is 4.79 Å². The van der Waals surface area contributed by atoms with Crippen LogP contribution < -0.4 is 5.43 Å². The van der Waals surface area contributed by atoms with Crippen molar-refractivity contribution in [3.05, 3.63) is 23.8 Å². The summed E-state index contributed by atoms with van der Waals surface area (Å²) in [6.07, 6.45) is -4.49. The molecule has 0 bridgehead atoms. The van der Waals surface area contributed by atoms with Gasteiger partial charge < -0.3 is 5.11 Å². The van der Waals surface area contributed by atoms with Crippen molar-refractivity contribution in [3.63, 3.8) is 0 Å². The van der Waals surface area contributed by atoms with Gasteiger partial charge in [0.25, 0.3) is 0 Å². The standard InChI is InChI=1S/C13H12ClF3N2O3S/c1-2-23-10-5-7(13(15,16)17)3-4-8(10)18-19-11(12(21)22)9(20)6-14/h3-5,18H,2,6H2,1H3,(H,21,22). The topological polar surface area (TPSA) is 78.8 Å². The molecule has 0 aromatic heterocycles. The molecule has 0 aliphatic heterocycles. The SMILES string of the molecule is CCSc1cc(C(F)(F)F)ccc1NN=C(C(=O)O)C(=O)CCl. The van der Waals surface area contributed by atoms with Crippen molar-refractivity contribution in [2.45, 2.75) is 18.0 Å². The number of halogens is 4. The van der Waals surface area contributed by atoms with Crippen molar-refractivity contribution in [2.75, 3.05) is 17.1 Å². The Morgan fingerprint density at radius 3 is 2.52 bits per heavy atom. The van der Waals surface area contributed by atoms with Gasteiger partial charge >= 0.3 is 12.1 Å². The lowest BCUT2D eigenvalue weighted by molar-refractivity contribution is -0.137. The fourth-order valence-corrected chi connectivity index (χ4v) is 2.39. The van der Waals surface area contributed by atoms with Crippen molar-refractivity contribution in [2.24, 2.45) is 5.10 Å². The van der Waals surface area contributed by atoms with Crippen LogP contribution in [0.15, 0.2) is 28.2 Å². The Labute approximate surface area is 138 Å². The van der Waals surface area contributed by atoms with Crippen molar-refractivity contribution in [1.29, 1.82) is 0 Å². The zero-order valence-electron chi connectivity index (χ0n) is 11.8. The van der Waals surface area contributed by atoms with Crippen molar-refractivity contribution < 1.29 is 27.9 Å². The second-order valence-electron chi connectivity index (χ2n) is 4.08. The van der Waals surface area contributed by atoms with E-state index in [0.29, 0.717) is 5.75 Å². The minimum atomic E-state index is -4.49. The summed E-state index contributed by atoms with van der Waals surface area (Å²) in [6.45, 7) is 1.75. The van der Waals surface area contributed by atoms with Crippen LogP contribution in [0.1, 0.15) is 12.5 Å². The molecule has 0 aliphatic rings. The third-order valence-corrected chi connectivity index (χ3v) is 3.67. The summed E-state index contributed by atoms with van der Waals surface area (Å²) < 4.78 is 38.2. The summed E-state index contributed by atoms with van der Waals surface area (Å²) in [5.74, 6) is -2.58. The van der Waals surface area contributed by atoms with E-state index in [2.05, 4.69) is 10.5 Å². The average molecular weight is 369 g/mol. The highest BCUT2D eigenvalue weighted by molar-refractivity contribution is 7.99. The number of ketones is 1. The molecule has 1 rings (SSSR count). The first kappa shape index (κ1) is 19.3. The van der Waals surface area contributed by atoms with Crippen LogP contribution in [-0.4, -0.2) is 34.2 Å². The summed E-state index contributed by atoms with van der Waals surface area (Å²) in [5.41, 5.74) is 0.810. The Bertz CT molecular complexity index is 635. The first-order valence-electron chi connectivity index (χ1n) is 6.20. The maximum atomic E-state index is 12.7. The van der Waals surface area contributed by atoms with Crippen LogP contribution in [0.3, 0.4) is 0 Å². The van der Waals surface area contributed by atoms with Gasteiger partial charge in [-0.15, -0.1) is 23.4 Å². The number of anilines is 1. The molecule has 0 spiro atoms. The quantitative estimate of drug-likeness (QED) is 0.253. The summed E-state index contributed by atoms with van der Waals surface area (Å²) in [4.78, 5) is 22.5. The number of hydrazone groups is 1. The highest BCUT2D eigenvalue weighted by Gasteiger charge is 2.31. The molecule has 0 fully saturated rings. The van der Waals surface area contributed by atoms with E-state index in [4.69, 9.17) is 16.7 Å². The number of Topliss-reactive ketones (excluding diaryl/α,β-unsaturated/α-hetero) is 1. The predicted molar refractivity (Wildman–Crippen MR) is 82.3 cm³/mol. The summed E-state index contributed by atoms with van der Waals surface area (Å²) in [6, 6.07) is 2.88. The lowest BCUT2D eigenvalue weighted by Crippen LogP contribution is -2.26. The molecule has 126 valence electrons. The molecule has 0 saturated carbocycles. The molecular formula is C13H12ClF3N2O3S. The summed E-state index contributed by atoms with van der Waals surface area (Å²) in [5, 5.41) is 12.3. The second-order valence-corrected chi connectivity index (χ2v) is 5.65. The van der Waals surface area contributed by atoms with Gasteiger partial charge in [0.2, 0.25) is 11.5 Å². The van der Waals surface area contributed by atoms with Crippen LogP contribution >= 0.6 is 23.4 Å². The van der Waals surface area contributed by atoms with E-state index >= 15 is 0 Å². The van der Waals surface area contributed by atoms with Gasteiger partial charge in [-0.05, 0) is 24.0 Å². The van der Waals surface area contributed by atoms with Crippen molar-refractivity contribution in [1.82, 2.24) is 0 Å². The predicted octanol–water partition coefficient (Wildman–Crippen LogP) is 3.48. The average Bonchev–Trinajstić information content (AvgIpc) is 2.47. The number of carbonyl (C=O) groups excluding carboxylic acids is 1. The van der Waals surface area contributed by atoms with E-state index in [1.54, 1.807) is 6.92 Å². The Morgan fingerprint density at radius 1 is 1.39 bits per heavy atom. The van der Waals surface area contributed by atoms with E-state index in [1.807, 2.05) is 0 Å². The molecule has 0 radical (unpaired) electrons. The number of benzene rings is 1. The Morgan fingerprint density at radius 2 is 2.04 bits per heavy atom. The molecule has 0 heterocycles. The first-order chi connectivity index (χ1) is 10.7. The van der Waals surface area contributed by atoms with Gasteiger partial charge in [-0.2, -0.15) is 18.3 Å². The highest BCUT2D eigenvalue weighted by Crippen LogP contribution is 2.35. The number of rotatable bonds is 7. The van der Waals surface area contributed by atoms with Crippen LogP contribution in [0.25, 0.3) is 0 Å². The number of alkyl halides is 4. The summed E-state index contributed by atoms with van der Waals surface area (Å²) in [7, 11) is 0. The fraction of sp³-hybridized carbons (Fsp3) is 0.308. The zero-order chi connectivity index (χ0) is 17.6. The molecule has 1 aromatic carbocycles. The van der Waals surface area contributed by atoms with E-state index in [0.717, 1.165) is 30.0 Å². The number of carboxylic acids is 1. The van der Waals surface area contributed by atoms with E-state index in [1.165, 1.54) is 0 Å². The van der Waals surface area contributed by atoms with Crippen molar-refractivity contribution in [3.8, 4) is 0 Å². The number of carbonyl (C=O) groups is 2. The number of hydrogen-bond donors (Lipinski definition) is 2. The lowest BCUT2D eigenvalue weighted by Gasteiger charge is -2.12. The van der Waals surface area contributed by atoms with Crippen LogP contribution in [0.4, 0.5) is 18.9 Å². The maximum Gasteiger partial charge on any atom is 0.416 e. The molecule has 0 aliphatic carbocycles. The minimum Gasteiger partial charge on any atom is -0.476 e. The maximum absolute atomic E-state index is 12.7. The smallest absolute Gasteiger partial charge is 0.416 e. The monoisotopic (exact) mass is 368 g/mol.